The molecular weight excluding hydrogens is 282 g/mol. The predicted octanol–water partition coefficient (Wildman–Crippen LogP) is 0.313. The molecule has 0 aliphatic rings. The summed E-state index contributed by atoms with van der Waals surface area (Å²) < 4.78 is 4.88. The molecule has 0 aromatic carbocycles. The number of ether oxygens (including phenoxy) is 1. The minimum atomic E-state index is -0.415. The Kier molecular flexibility index (Phi) is 12.8. The average molecular weight is 310 g/mol. The van der Waals surface area contributed by atoms with Gasteiger partial charge in [-0.15, -0.1) is 12.4 Å². The van der Waals surface area contributed by atoms with Gasteiger partial charge in [-0.25, -0.2) is 0 Å². The number of nitrogens with one attached hydrogen (secondary N) is 3. The number of hydrogen-bond donors (Lipinski definition) is 3. The van der Waals surface area contributed by atoms with E-state index in [4.69, 9.17) is 4.74 Å². The molecule has 120 valence electrons. The first-order valence-electron chi connectivity index (χ1n) is 6.62. The van der Waals surface area contributed by atoms with Crippen molar-refractivity contribution in [3.8, 4) is 0 Å². The molecule has 0 unspecified atom stereocenters. The largest absolute Gasteiger partial charge is 0.383 e. The third kappa shape index (κ3) is 12.2. The molecule has 0 radical (unpaired) electrons. The lowest BCUT2D eigenvalue weighted by atomic mass is 9.96. The minimum absolute atomic E-state index is 0. The summed E-state index contributed by atoms with van der Waals surface area (Å²) in [5, 5.41) is 8.64. The normalized spacial score (nSPS) is 10.6. The Bertz CT molecular complexity index is 281. The Labute approximate surface area is 127 Å². The lowest BCUT2D eigenvalue weighted by Crippen LogP contribution is -2.38. The Morgan fingerprint density at radius 3 is 2.20 bits per heavy atom. The third-order valence-corrected chi connectivity index (χ3v) is 2.43. The molecule has 3 N–H and O–H groups in total. The summed E-state index contributed by atoms with van der Waals surface area (Å²) in [5.74, 6) is -0.0933. The van der Waals surface area contributed by atoms with E-state index in [9.17, 15) is 9.59 Å². The molecule has 6 nitrogen and oxygen atoms in total. The van der Waals surface area contributed by atoms with Crippen LogP contribution in [0.4, 0.5) is 0 Å². The Morgan fingerprint density at radius 1 is 1.00 bits per heavy atom. The summed E-state index contributed by atoms with van der Waals surface area (Å²) >= 11 is 0. The van der Waals surface area contributed by atoms with Crippen molar-refractivity contribution in [2.75, 3.05) is 39.9 Å². The fourth-order valence-corrected chi connectivity index (χ4v) is 1.23. The van der Waals surface area contributed by atoms with Gasteiger partial charge in [0.1, 0.15) is 0 Å². The summed E-state index contributed by atoms with van der Waals surface area (Å²) in [7, 11) is 1.65. The van der Waals surface area contributed by atoms with E-state index in [0.717, 1.165) is 6.54 Å². The highest BCUT2D eigenvalue weighted by molar-refractivity contribution is 5.85. The zero-order valence-electron chi connectivity index (χ0n) is 12.9. The molecule has 0 bridgehead atoms. The molecule has 0 aromatic heterocycles. The monoisotopic (exact) mass is 309 g/mol. The molecule has 0 aliphatic carbocycles. The number of amides is 2. The molecule has 0 saturated carbocycles. The fraction of sp³-hybridized carbons (Fsp3) is 0.846. The van der Waals surface area contributed by atoms with Crippen LogP contribution >= 0.6 is 12.4 Å². The van der Waals surface area contributed by atoms with Crippen molar-refractivity contribution < 1.29 is 14.3 Å². The molecule has 20 heavy (non-hydrogen) atoms. The molecule has 7 heteroatoms. The van der Waals surface area contributed by atoms with E-state index in [1.807, 2.05) is 20.8 Å². The van der Waals surface area contributed by atoms with E-state index in [1.165, 1.54) is 0 Å². The van der Waals surface area contributed by atoms with Crippen LogP contribution in [0.25, 0.3) is 0 Å². The number of carbonyl (C=O) groups excluding carboxylic acids is 2. The second-order valence-electron chi connectivity index (χ2n) is 5.35. The van der Waals surface area contributed by atoms with Gasteiger partial charge in [0.25, 0.3) is 0 Å². The molecule has 0 atom stereocenters. The van der Waals surface area contributed by atoms with Crippen molar-refractivity contribution >= 4 is 24.2 Å². The van der Waals surface area contributed by atoms with Crippen LogP contribution in [0.15, 0.2) is 0 Å². The van der Waals surface area contributed by atoms with Crippen LogP contribution in [-0.2, 0) is 14.3 Å². The number of halogens is 1. The maximum Gasteiger partial charge on any atom is 0.225 e. The zero-order valence-corrected chi connectivity index (χ0v) is 13.7. The number of rotatable bonds is 9. The fourth-order valence-electron chi connectivity index (χ4n) is 1.23. The topological polar surface area (TPSA) is 79.5 Å². The van der Waals surface area contributed by atoms with Crippen LogP contribution in [0.5, 0.6) is 0 Å². The van der Waals surface area contributed by atoms with E-state index in [2.05, 4.69) is 16.0 Å². The number of hydrogen-bond acceptors (Lipinski definition) is 4. The molecule has 0 fully saturated rings. The maximum atomic E-state index is 11.5. The van der Waals surface area contributed by atoms with Crippen LogP contribution in [0.1, 0.15) is 27.2 Å². The standard InChI is InChI=1S/C13H27N3O3.ClH/c1-13(2,3)12(18)16-6-5-11(17)15-8-7-14-9-10-19-4;/h14H,5-10H2,1-4H3,(H,15,17)(H,16,18);1H. The van der Waals surface area contributed by atoms with Gasteiger partial charge in [-0.05, 0) is 0 Å². The molecule has 0 spiro atoms. The lowest BCUT2D eigenvalue weighted by Gasteiger charge is -2.17. The van der Waals surface area contributed by atoms with Gasteiger partial charge in [-0.1, -0.05) is 20.8 Å². The SMILES string of the molecule is COCCNCCNC(=O)CCNC(=O)C(C)(C)C.Cl. The van der Waals surface area contributed by atoms with Crippen LogP contribution in [-0.4, -0.2) is 51.7 Å². The van der Waals surface area contributed by atoms with Gasteiger partial charge in [0.05, 0.1) is 6.61 Å². The molecule has 2 amide bonds. The van der Waals surface area contributed by atoms with Crippen LogP contribution in [0, 0.1) is 5.41 Å². The van der Waals surface area contributed by atoms with E-state index in [0.29, 0.717) is 32.7 Å². The van der Waals surface area contributed by atoms with E-state index in [-0.39, 0.29) is 24.2 Å². The van der Waals surface area contributed by atoms with Crippen molar-refractivity contribution in [2.45, 2.75) is 27.2 Å². The second kappa shape index (κ2) is 11.9. The summed E-state index contributed by atoms with van der Waals surface area (Å²) in [6.45, 7) is 8.62. The van der Waals surface area contributed by atoms with Gasteiger partial charge >= 0.3 is 0 Å². The van der Waals surface area contributed by atoms with Gasteiger partial charge in [0.2, 0.25) is 11.8 Å². The smallest absolute Gasteiger partial charge is 0.225 e. The maximum absolute atomic E-state index is 11.5. The highest BCUT2D eigenvalue weighted by atomic mass is 35.5. The van der Waals surface area contributed by atoms with Crippen LogP contribution in [0.2, 0.25) is 0 Å². The van der Waals surface area contributed by atoms with E-state index >= 15 is 0 Å². The van der Waals surface area contributed by atoms with Gasteiger partial charge in [0.15, 0.2) is 0 Å². The van der Waals surface area contributed by atoms with Crippen molar-refractivity contribution in [3.63, 3.8) is 0 Å². The molecule has 0 heterocycles. The first-order valence-corrected chi connectivity index (χ1v) is 6.62. The van der Waals surface area contributed by atoms with Gasteiger partial charge in [0, 0.05) is 45.1 Å². The minimum Gasteiger partial charge on any atom is -0.383 e. The zero-order chi connectivity index (χ0) is 14.7. The number of carbonyl (C=O) groups is 2. The van der Waals surface area contributed by atoms with Crippen molar-refractivity contribution in [3.05, 3.63) is 0 Å². The lowest BCUT2D eigenvalue weighted by molar-refractivity contribution is -0.128. The van der Waals surface area contributed by atoms with Crippen molar-refractivity contribution in [1.29, 1.82) is 0 Å². The Hall–Kier alpha value is -0.850. The average Bonchev–Trinajstić information content (AvgIpc) is 2.32. The Morgan fingerprint density at radius 2 is 1.65 bits per heavy atom. The summed E-state index contributed by atoms with van der Waals surface area (Å²) in [6.07, 6.45) is 0.305. The van der Waals surface area contributed by atoms with Gasteiger partial charge in [-0.3, -0.25) is 9.59 Å². The molecule has 0 saturated heterocycles. The first kappa shape index (κ1) is 21.4. The predicted molar refractivity (Wildman–Crippen MR) is 82.1 cm³/mol. The van der Waals surface area contributed by atoms with Crippen molar-refractivity contribution in [1.82, 2.24) is 16.0 Å². The first-order chi connectivity index (χ1) is 8.88. The molecule has 0 rings (SSSR count). The van der Waals surface area contributed by atoms with Crippen LogP contribution < -0.4 is 16.0 Å². The van der Waals surface area contributed by atoms with E-state index < -0.39 is 5.41 Å². The summed E-state index contributed by atoms with van der Waals surface area (Å²) in [6, 6.07) is 0. The Balaban J connectivity index is 0. The van der Waals surface area contributed by atoms with Crippen LogP contribution in [0.3, 0.4) is 0 Å². The van der Waals surface area contributed by atoms with E-state index in [1.54, 1.807) is 7.11 Å². The highest BCUT2D eigenvalue weighted by Gasteiger charge is 2.20. The highest BCUT2D eigenvalue weighted by Crippen LogP contribution is 2.11. The number of methoxy groups -OCH3 is 1. The molecular formula is C13H28ClN3O3. The van der Waals surface area contributed by atoms with Gasteiger partial charge < -0.3 is 20.7 Å². The third-order valence-electron chi connectivity index (χ3n) is 2.43. The molecule has 0 aliphatic heterocycles. The van der Waals surface area contributed by atoms with Gasteiger partial charge in [-0.2, -0.15) is 0 Å². The van der Waals surface area contributed by atoms with Crippen molar-refractivity contribution in [2.24, 2.45) is 5.41 Å². The quantitative estimate of drug-likeness (QED) is 0.536. The summed E-state index contributed by atoms with van der Waals surface area (Å²) in [5.41, 5.74) is -0.415. The molecule has 0 aromatic rings. The second-order valence-corrected chi connectivity index (χ2v) is 5.35. The summed E-state index contributed by atoms with van der Waals surface area (Å²) in [4.78, 5) is 23.0.